The summed E-state index contributed by atoms with van der Waals surface area (Å²) in [7, 11) is 0. The van der Waals surface area contributed by atoms with E-state index in [0.29, 0.717) is 0 Å². The summed E-state index contributed by atoms with van der Waals surface area (Å²) in [6, 6.07) is 0. The topological polar surface area (TPSA) is 49.4 Å². The predicted octanol–water partition coefficient (Wildman–Crippen LogP) is 2.23. The Morgan fingerprint density at radius 3 is 2.25 bits per heavy atom. The third kappa shape index (κ3) is 2.23. The van der Waals surface area contributed by atoms with E-state index in [4.69, 9.17) is 0 Å². The SMILES string of the molecule is CCC1(CN2CC(=O)NC3(CCCC3)C2=O)CCCC1. The Balaban J connectivity index is 1.78. The van der Waals surface area contributed by atoms with Gasteiger partial charge < -0.3 is 10.2 Å². The molecule has 20 heavy (non-hydrogen) atoms. The number of nitrogens with zero attached hydrogens (tertiary/aromatic N) is 1. The fraction of sp³-hybridized carbons (Fsp3) is 0.875. The molecule has 1 aliphatic heterocycles. The maximum Gasteiger partial charge on any atom is 0.248 e. The van der Waals surface area contributed by atoms with Crippen LogP contribution in [0.15, 0.2) is 0 Å². The van der Waals surface area contributed by atoms with Crippen molar-refractivity contribution in [2.24, 2.45) is 5.41 Å². The molecule has 1 spiro atoms. The molecule has 3 fully saturated rings. The van der Waals surface area contributed by atoms with Gasteiger partial charge in [-0.3, -0.25) is 9.59 Å². The maximum absolute atomic E-state index is 12.9. The van der Waals surface area contributed by atoms with Crippen LogP contribution in [0, 0.1) is 5.41 Å². The van der Waals surface area contributed by atoms with E-state index >= 15 is 0 Å². The van der Waals surface area contributed by atoms with Crippen LogP contribution in [0.1, 0.15) is 64.7 Å². The third-order valence-corrected chi connectivity index (χ3v) is 5.81. The van der Waals surface area contributed by atoms with Crippen molar-refractivity contribution in [2.75, 3.05) is 13.1 Å². The van der Waals surface area contributed by atoms with Crippen molar-refractivity contribution in [3.8, 4) is 0 Å². The molecule has 0 unspecified atom stereocenters. The van der Waals surface area contributed by atoms with E-state index < -0.39 is 5.54 Å². The molecule has 0 radical (unpaired) electrons. The molecular weight excluding hydrogens is 252 g/mol. The van der Waals surface area contributed by atoms with E-state index in [0.717, 1.165) is 38.6 Å². The molecular formula is C16H26N2O2. The summed E-state index contributed by atoms with van der Waals surface area (Å²) >= 11 is 0. The number of hydrogen-bond acceptors (Lipinski definition) is 2. The summed E-state index contributed by atoms with van der Waals surface area (Å²) in [6.45, 7) is 3.28. The molecule has 4 nitrogen and oxygen atoms in total. The number of carbonyl (C=O) groups is 2. The molecule has 1 heterocycles. The van der Waals surface area contributed by atoms with Gasteiger partial charge in [0.1, 0.15) is 5.54 Å². The fourth-order valence-corrected chi connectivity index (χ4v) is 4.51. The van der Waals surface area contributed by atoms with Crippen molar-refractivity contribution in [3.05, 3.63) is 0 Å². The molecule has 2 amide bonds. The minimum atomic E-state index is -0.553. The zero-order chi connectivity index (χ0) is 14.2. The Morgan fingerprint density at radius 2 is 1.65 bits per heavy atom. The normalized spacial score (nSPS) is 28.1. The average Bonchev–Trinajstić information content (AvgIpc) is 3.06. The minimum Gasteiger partial charge on any atom is -0.340 e. The summed E-state index contributed by atoms with van der Waals surface area (Å²) in [5.41, 5.74) is -0.282. The van der Waals surface area contributed by atoms with Crippen LogP contribution < -0.4 is 5.32 Å². The fourth-order valence-electron chi connectivity index (χ4n) is 4.51. The third-order valence-electron chi connectivity index (χ3n) is 5.81. The van der Waals surface area contributed by atoms with Gasteiger partial charge in [-0.05, 0) is 37.5 Å². The first-order valence-corrected chi connectivity index (χ1v) is 8.20. The Kier molecular flexibility index (Phi) is 3.51. The molecule has 0 aromatic heterocycles. The van der Waals surface area contributed by atoms with Gasteiger partial charge in [-0.1, -0.05) is 32.6 Å². The monoisotopic (exact) mass is 278 g/mol. The highest BCUT2D eigenvalue weighted by molar-refractivity contribution is 5.98. The van der Waals surface area contributed by atoms with Gasteiger partial charge in [-0.2, -0.15) is 0 Å². The van der Waals surface area contributed by atoms with Crippen molar-refractivity contribution in [1.82, 2.24) is 10.2 Å². The molecule has 3 rings (SSSR count). The largest absolute Gasteiger partial charge is 0.340 e. The van der Waals surface area contributed by atoms with Crippen molar-refractivity contribution >= 4 is 11.8 Å². The highest BCUT2D eigenvalue weighted by atomic mass is 16.2. The zero-order valence-electron chi connectivity index (χ0n) is 12.5. The van der Waals surface area contributed by atoms with Crippen molar-refractivity contribution in [2.45, 2.75) is 70.3 Å². The van der Waals surface area contributed by atoms with Gasteiger partial charge in [0.15, 0.2) is 0 Å². The van der Waals surface area contributed by atoms with E-state index in [1.807, 2.05) is 4.90 Å². The second-order valence-electron chi connectivity index (χ2n) is 7.06. The molecule has 3 aliphatic rings. The molecule has 1 saturated heterocycles. The lowest BCUT2D eigenvalue weighted by atomic mass is 9.81. The Labute approximate surface area is 121 Å². The van der Waals surface area contributed by atoms with Crippen LogP contribution >= 0.6 is 0 Å². The van der Waals surface area contributed by atoms with Crippen LogP contribution in [-0.2, 0) is 9.59 Å². The smallest absolute Gasteiger partial charge is 0.248 e. The minimum absolute atomic E-state index is 0.0377. The van der Waals surface area contributed by atoms with Crippen LogP contribution in [0.25, 0.3) is 0 Å². The molecule has 4 heteroatoms. The molecule has 0 aromatic rings. The van der Waals surface area contributed by atoms with Crippen LogP contribution in [0.4, 0.5) is 0 Å². The highest BCUT2D eigenvalue weighted by Gasteiger charge is 2.49. The van der Waals surface area contributed by atoms with Gasteiger partial charge in [0, 0.05) is 6.54 Å². The van der Waals surface area contributed by atoms with E-state index in [1.165, 1.54) is 25.7 Å². The van der Waals surface area contributed by atoms with Gasteiger partial charge in [-0.25, -0.2) is 0 Å². The summed E-state index contributed by atoms with van der Waals surface area (Å²) < 4.78 is 0. The number of carbonyl (C=O) groups excluding carboxylic acids is 2. The maximum atomic E-state index is 12.9. The second-order valence-corrected chi connectivity index (χ2v) is 7.06. The van der Waals surface area contributed by atoms with Crippen LogP contribution in [0.2, 0.25) is 0 Å². The van der Waals surface area contributed by atoms with Gasteiger partial charge in [0.2, 0.25) is 11.8 Å². The lowest BCUT2D eigenvalue weighted by Crippen LogP contribution is -2.66. The average molecular weight is 278 g/mol. The van der Waals surface area contributed by atoms with Crippen LogP contribution in [0.3, 0.4) is 0 Å². The number of nitrogens with one attached hydrogen (secondary N) is 1. The first-order valence-electron chi connectivity index (χ1n) is 8.20. The van der Waals surface area contributed by atoms with E-state index in [-0.39, 0.29) is 23.8 Å². The summed E-state index contributed by atoms with van der Waals surface area (Å²) in [5.74, 6) is 0.227. The number of amides is 2. The Hall–Kier alpha value is -1.06. The second kappa shape index (κ2) is 5.05. The Morgan fingerprint density at radius 1 is 1.05 bits per heavy atom. The number of rotatable bonds is 3. The molecule has 112 valence electrons. The van der Waals surface area contributed by atoms with Crippen LogP contribution in [-0.4, -0.2) is 35.3 Å². The zero-order valence-corrected chi connectivity index (χ0v) is 12.5. The summed E-state index contributed by atoms with van der Waals surface area (Å²) in [4.78, 5) is 26.8. The first kappa shape index (κ1) is 13.9. The Bertz CT molecular complexity index is 407. The van der Waals surface area contributed by atoms with Crippen molar-refractivity contribution < 1.29 is 9.59 Å². The molecule has 0 aromatic carbocycles. The standard InChI is InChI=1S/C16H26N2O2/c1-2-15(7-3-4-8-15)12-18-11-13(19)17-16(14(18)20)9-5-6-10-16/h2-12H2,1H3,(H,17,19). The lowest BCUT2D eigenvalue weighted by Gasteiger charge is -2.43. The van der Waals surface area contributed by atoms with Gasteiger partial charge >= 0.3 is 0 Å². The molecule has 0 bridgehead atoms. The van der Waals surface area contributed by atoms with Crippen LogP contribution in [0.5, 0.6) is 0 Å². The van der Waals surface area contributed by atoms with Crippen molar-refractivity contribution in [3.63, 3.8) is 0 Å². The van der Waals surface area contributed by atoms with Gasteiger partial charge in [0.05, 0.1) is 6.54 Å². The van der Waals surface area contributed by atoms with E-state index in [1.54, 1.807) is 0 Å². The first-order chi connectivity index (χ1) is 9.59. The molecule has 2 aliphatic carbocycles. The van der Waals surface area contributed by atoms with Crippen molar-refractivity contribution in [1.29, 1.82) is 0 Å². The van der Waals surface area contributed by atoms with Gasteiger partial charge in [-0.15, -0.1) is 0 Å². The lowest BCUT2D eigenvalue weighted by molar-refractivity contribution is -0.151. The molecule has 2 saturated carbocycles. The number of hydrogen-bond donors (Lipinski definition) is 1. The summed E-state index contributed by atoms with van der Waals surface area (Å²) in [6.07, 6.45) is 9.84. The summed E-state index contributed by atoms with van der Waals surface area (Å²) in [5, 5.41) is 3.00. The van der Waals surface area contributed by atoms with E-state index in [2.05, 4.69) is 12.2 Å². The number of piperazine rings is 1. The molecule has 1 N–H and O–H groups in total. The predicted molar refractivity (Wildman–Crippen MR) is 77.1 cm³/mol. The van der Waals surface area contributed by atoms with E-state index in [9.17, 15) is 9.59 Å². The van der Waals surface area contributed by atoms with Gasteiger partial charge in [0.25, 0.3) is 0 Å². The quantitative estimate of drug-likeness (QED) is 0.860. The molecule has 0 atom stereocenters. The highest BCUT2D eigenvalue weighted by Crippen LogP contribution is 2.43.